The van der Waals surface area contributed by atoms with Crippen LogP contribution < -0.4 is 9.47 Å². The predicted octanol–water partition coefficient (Wildman–Crippen LogP) is 3.96. The van der Waals surface area contributed by atoms with E-state index in [1.165, 1.54) is 0 Å². The molecule has 0 heterocycles. The van der Waals surface area contributed by atoms with Gasteiger partial charge in [-0.15, -0.1) is 0 Å². The molecule has 0 saturated carbocycles. The third kappa shape index (κ3) is 6.58. The highest BCUT2D eigenvalue weighted by Crippen LogP contribution is 2.43. The normalized spacial score (nSPS) is 10.3. The lowest BCUT2D eigenvalue weighted by Gasteiger charge is -2.18. The molecule has 0 fully saturated rings. The number of phenolic OH excluding ortho intramolecular Hbond substituents is 1. The van der Waals surface area contributed by atoms with Crippen LogP contribution in [0.2, 0.25) is 0 Å². The molecule has 0 radical (unpaired) electrons. The highest BCUT2D eigenvalue weighted by Gasteiger charge is 2.31. The number of Topliss-reactive ketones (excluding diaryl/α,β-unsaturated/α-hetero) is 1. The summed E-state index contributed by atoms with van der Waals surface area (Å²) in [6, 6.07) is 0.993. The minimum atomic E-state index is -0.860. The molecule has 0 spiro atoms. The molecule has 0 aliphatic heterocycles. The summed E-state index contributed by atoms with van der Waals surface area (Å²) in [5.74, 6) is -4.22. The summed E-state index contributed by atoms with van der Waals surface area (Å²) in [5, 5.41) is 10.4. The maximum Gasteiger partial charge on any atom is 0.339 e. The molecule has 0 bridgehead atoms. The van der Waals surface area contributed by atoms with Gasteiger partial charge in [0, 0.05) is 19.3 Å². The lowest BCUT2D eigenvalue weighted by molar-refractivity contribution is -0.137. The second kappa shape index (κ2) is 11.8. The van der Waals surface area contributed by atoms with E-state index in [-0.39, 0.29) is 37.0 Å². The van der Waals surface area contributed by atoms with Gasteiger partial charge in [0.25, 0.3) is 0 Å². The Morgan fingerprint density at radius 1 is 0.828 bits per heavy atom. The maximum absolute atomic E-state index is 12.8. The summed E-state index contributed by atoms with van der Waals surface area (Å²) in [6.07, 6.45) is 1.58. The average molecular weight is 408 g/mol. The molecule has 8 nitrogen and oxygen atoms in total. The van der Waals surface area contributed by atoms with Gasteiger partial charge in [0.1, 0.15) is 0 Å². The third-order valence-corrected chi connectivity index (χ3v) is 3.81. The number of aromatic hydroxyl groups is 1. The molecule has 0 saturated heterocycles. The molecule has 0 aromatic heterocycles. The van der Waals surface area contributed by atoms with Crippen molar-refractivity contribution in [2.24, 2.45) is 0 Å². The molecular weight excluding hydrogens is 380 g/mol. The summed E-state index contributed by atoms with van der Waals surface area (Å²) in [6.45, 7) is 6.93. The summed E-state index contributed by atoms with van der Waals surface area (Å²) < 4.78 is 15.5. The number of carbonyl (C=O) groups is 4. The van der Waals surface area contributed by atoms with E-state index >= 15 is 0 Å². The minimum Gasteiger partial charge on any atom is -0.504 e. The fourth-order valence-electron chi connectivity index (χ4n) is 2.56. The number of hydrogen-bond acceptors (Lipinski definition) is 8. The summed E-state index contributed by atoms with van der Waals surface area (Å²) >= 11 is 0. The second-order valence-corrected chi connectivity index (χ2v) is 6.32. The number of benzene rings is 1. The molecule has 0 unspecified atom stereocenters. The zero-order chi connectivity index (χ0) is 22.0. The average Bonchev–Trinajstić information content (AvgIpc) is 2.65. The van der Waals surface area contributed by atoms with Crippen LogP contribution in [0, 0.1) is 0 Å². The largest absolute Gasteiger partial charge is 0.504 e. The van der Waals surface area contributed by atoms with E-state index in [1.54, 1.807) is 27.7 Å². The molecule has 29 heavy (non-hydrogen) atoms. The van der Waals surface area contributed by atoms with Gasteiger partial charge in [-0.3, -0.25) is 14.4 Å². The molecule has 1 aromatic rings. The van der Waals surface area contributed by atoms with Crippen LogP contribution in [0.3, 0.4) is 0 Å². The van der Waals surface area contributed by atoms with Crippen molar-refractivity contribution < 1.29 is 38.5 Å². The van der Waals surface area contributed by atoms with Gasteiger partial charge in [-0.05, 0) is 32.3 Å². The lowest BCUT2D eigenvalue weighted by atomic mass is 9.98. The Morgan fingerprint density at radius 3 is 1.83 bits per heavy atom. The topological polar surface area (TPSA) is 116 Å². The fourth-order valence-corrected chi connectivity index (χ4v) is 2.56. The van der Waals surface area contributed by atoms with Gasteiger partial charge in [0.2, 0.25) is 5.75 Å². The van der Waals surface area contributed by atoms with Crippen molar-refractivity contribution in [2.45, 2.75) is 66.2 Å². The van der Waals surface area contributed by atoms with Gasteiger partial charge in [0.15, 0.2) is 17.3 Å². The van der Waals surface area contributed by atoms with Gasteiger partial charge < -0.3 is 19.3 Å². The highest BCUT2D eigenvalue weighted by atomic mass is 16.6. The minimum absolute atomic E-state index is 0.0359. The van der Waals surface area contributed by atoms with Crippen molar-refractivity contribution in [3.63, 3.8) is 0 Å². The highest BCUT2D eigenvalue weighted by molar-refractivity contribution is 6.10. The zero-order valence-electron chi connectivity index (χ0n) is 17.3. The molecule has 160 valence electrons. The molecule has 1 N–H and O–H groups in total. The molecule has 0 aliphatic rings. The molecule has 0 atom stereocenters. The van der Waals surface area contributed by atoms with Crippen LogP contribution in [0.4, 0.5) is 0 Å². The first-order valence-corrected chi connectivity index (χ1v) is 9.82. The van der Waals surface area contributed by atoms with E-state index in [1.807, 2.05) is 0 Å². The molecule has 1 rings (SSSR count). The van der Waals surface area contributed by atoms with Gasteiger partial charge in [0.05, 0.1) is 17.7 Å². The molecule has 0 aliphatic carbocycles. The molecule has 8 heteroatoms. The van der Waals surface area contributed by atoms with Gasteiger partial charge in [-0.2, -0.15) is 0 Å². The van der Waals surface area contributed by atoms with Crippen LogP contribution in [0.5, 0.6) is 17.2 Å². The molecule has 1 aromatic carbocycles. The van der Waals surface area contributed by atoms with Crippen molar-refractivity contribution in [3.05, 3.63) is 17.2 Å². The Labute approximate surface area is 170 Å². The lowest BCUT2D eigenvalue weighted by Crippen LogP contribution is -2.18. The Balaban J connectivity index is 3.71. The number of phenols is 1. The Morgan fingerprint density at radius 2 is 1.34 bits per heavy atom. The summed E-state index contributed by atoms with van der Waals surface area (Å²) in [4.78, 5) is 49.3. The molecular formula is C21H28O8. The van der Waals surface area contributed by atoms with Crippen molar-refractivity contribution in [2.75, 3.05) is 6.61 Å². The predicted molar refractivity (Wildman–Crippen MR) is 104 cm³/mol. The van der Waals surface area contributed by atoms with Gasteiger partial charge >= 0.3 is 17.9 Å². The number of ether oxygens (including phenoxy) is 3. The smallest absolute Gasteiger partial charge is 0.339 e. The van der Waals surface area contributed by atoms with E-state index < -0.39 is 40.9 Å². The summed E-state index contributed by atoms with van der Waals surface area (Å²) in [7, 11) is 0. The van der Waals surface area contributed by atoms with Gasteiger partial charge in [-0.1, -0.05) is 20.8 Å². The Hall–Kier alpha value is -2.90. The van der Waals surface area contributed by atoms with E-state index in [9.17, 15) is 24.3 Å². The van der Waals surface area contributed by atoms with Crippen LogP contribution in [0.15, 0.2) is 6.07 Å². The third-order valence-electron chi connectivity index (χ3n) is 3.81. The van der Waals surface area contributed by atoms with Crippen LogP contribution in [0.1, 0.15) is 86.9 Å². The summed E-state index contributed by atoms with van der Waals surface area (Å²) in [5.41, 5.74) is -0.496. The van der Waals surface area contributed by atoms with E-state index in [0.29, 0.717) is 19.3 Å². The van der Waals surface area contributed by atoms with Crippen molar-refractivity contribution in [3.8, 4) is 17.2 Å². The Bertz CT molecular complexity index is 766. The number of ketones is 1. The quantitative estimate of drug-likeness (QED) is 0.332. The zero-order valence-corrected chi connectivity index (χ0v) is 17.3. The number of hydrogen-bond donors (Lipinski definition) is 1. The van der Waals surface area contributed by atoms with Crippen molar-refractivity contribution in [1.29, 1.82) is 0 Å². The number of carbonyl (C=O) groups excluding carboxylic acids is 4. The maximum atomic E-state index is 12.8. The van der Waals surface area contributed by atoms with Crippen LogP contribution in [0.25, 0.3) is 0 Å². The standard InChI is InChI=1S/C21H28O8/c1-5-9-14(22)18-13(21(26)27-8-4)12-15(23)19(28-16(24)10-6-2)20(18)29-17(25)11-7-3/h12,23H,5-11H2,1-4H3. The van der Waals surface area contributed by atoms with Crippen molar-refractivity contribution >= 4 is 23.7 Å². The first-order valence-electron chi connectivity index (χ1n) is 9.82. The van der Waals surface area contributed by atoms with E-state index in [4.69, 9.17) is 14.2 Å². The van der Waals surface area contributed by atoms with E-state index in [2.05, 4.69) is 0 Å². The van der Waals surface area contributed by atoms with Gasteiger partial charge in [-0.25, -0.2) is 4.79 Å². The number of esters is 3. The van der Waals surface area contributed by atoms with Crippen LogP contribution >= 0.6 is 0 Å². The second-order valence-electron chi connectivity index (χ2n) is 6.32. The first-order chi connectivity index (χ1) is 13.8. The fraction of sp³-hybridized carbons (Fsp3) is 0.524. The van der Waals surface area contributed by atoms with Crippen molar-refractivity contribution in [1.82, 2.24) is 0 Å². The first kappa shape index (κ1) is 24.1. The Kier molecular flexibility index (Phi) is 9.85. The SMILES string of the molecule is CCCC(=O)Oc1c(O)cc(C(=O)OCC)c(C(=O)CCC)c1OC(=O)CCC. The number of rotatable bonds is 11. The molecule has 0 amide bonds. The van der Waals surface area contributed by atoms with Crippen LogP contribution in [-0.2, 0) is 14.3 Å². The van der Waals surface area contributed by atoms with Crippen LogP contribution in [-0.4, -0.2) is 35.4 Å². The monoisotopic (exact) mass is 408 g/mol. The van der Waals surface area contributed by atoms with E-state index in [0.717, 1.165) is 6.07 Å².